The molecule has 0 heterocycles. The lowest BCUT2D eigenvalue weighted by molar-refractivity contribution is 0.0118. The molecule has 2 bridgehead atoms. The molecule has 6 heteroatoms. The number of carbonyl (C=O) groups is 2. The van der Waals surface area contributed by atoms with Gasteiger partial charge in [0.25, 0.3) is 0 Å². The van der Waals surface area contributed by atoms with E-state index in [-0.39, 0.29) is 36.7 Å². The van der Waals surface area contributed by atoms with Crippen LogP contribution in [0.25, 0.3) is 0 Å². The minimum Gasteiger partial charge on any atom is -0.445 e. The van der Waals surface area contributed by atoms with E-state index < -0.39 is 5.60 Å². The Balaban J connectivity index is 1.51. The summed E-state index contributed by atoms with van der Waals surface area (Å²) in [5.41, 5.74) is 1.43. The first kappa shape index (κ1) is 24.8. The van der Waals surface area contributed by atoms with Gasteiger partial charge in [-0.1, -0.05) is 72.8 Å². The average molecular weight is 477 g/mol. The van der Waals surface area contributed by atoms with Crippen molar-refractivity contribution in [2.75, 3.05) is 13.6 Å². The molecule has 1 saturated carbocycles. The zero-order valence-corrected chi connectivity index (χ0v) is 21.1. The molecule has 2 aromatic carbocycles. The van der Waals surface area contributed by atoms with Gasteiger partial charge >= 0.3 is 12.2 Å². The molecule has 0 saturated heterocycles. The van der Waals surface area contributed by atoms with E-state index in [9.17, 15) is 9.59 Å². The third kappa shape index (κ3) is 6.24. The fourth-order valence-corrected chi connectivity index (χ4v) is 5.24. The minimum absolute atomic E-state index is 0.0277. The van der Waals surface area contributed by atoms with Crippen LogP contribution in [0, 0.1) is 17.8 Å². The first-order valence-electron chi connectivity index (χ1n) is 12.3. The molecule has 4 rings (SSSR count). The molecule has 2 aliphatic rings. The van der Waals surface area contributed by atoms with Crippen LogP contribution >= 0.6 is 0 Å². The molecule has 0 aliphatic heterocycles. The van der Waals surface area contributed by atoms with E-state index in [0.717, 1.165) is 17.5 Å². The molecule has 2 aromatic rings. The van der Waals surface area contributed by atoms with E-state index >= 15 is 0 Å². The highest BCUT2D eigenvalue weighted by molar-refractivity contribution is 5.69. The monoisotopic (exact) mass is 476 g/mol. The average Bonchev–Trinajstić information content (AvgIpc) is 3.44. The Morgan fingerprint density at radius 2 is 1.49 bits per heavy atom. The van der Waals surface area contributed by atoms with Crippen molar-refractivity contribution in [3.8, 4) is 0 Å². The lowest BCUT2D eigenvalue weighted by Gasteiger charge is -2.38. The van der Waals surface area contributed by atoms with Gasteiger partial charge in [0.2, 0.25) is 0 Å². The van der Waals surface area contributed by atoms with Gasteiger partial charge in [0.1, 0.15) is 12.2 Å². The van der Waals surface area contributed by atoms with Crippen molar-refractivity contribution in [3.63, 3.8) is 0 Å². The summed E-state index contributed by atoms with van der Waals surface area (Å²) >= 11 is 0. The number of benzene rings is 2. The number of allylic oxidation sites excluding steroid dienone is 1. The quantitative estimate of drug-likeness (QED) is 0.468. The minimum atomic E-state index is -0.561. The smallest absolute Gasteiger partial charge is 0.410 e. The van der Waals surface area contributed by atoms with Crippen molar-refractivity contribution in [3.05, 3.63) is 83.9 Å². The molecule has 0 N–H and O–H groups in total. The van der Waals surface area contributed by atoms with Crippen molar-refractivity contribution in [1.82, 2.24) is 9.80 Å². The summed E-state index contributed by atoms with van der Waals surface area (Å²) < 4.78 is 11.4. The van der Waals surface area contributed by atoms with Gasteiger partial charge < -0.3 is 19.3 Å². The van der Waals surface area contributed by atoms with Crippen molar-refractivity contribution >= 4 is 12.2 Å². The van der Waals surface area contributed by atoms with Crippen LogP contribution < -0.4 is 0 Å². The van der Waals surface area contributed by atoms with Crippen LogP contribution in [0.5, 0.6) is 0 Å². The highest BCUT2D eigenvalue weighted by Gasteiger charge is 2.49. The van der Waals surface area contributed by atoms with Gasteiger partial charge in [-0.25, -0.2) is 9.59 Å². The second-order valence-corrected chi connectivity index (χ2v) is 10.6. The van der Waals surface area contributed by atoms with Crippen LogP contribution in [-0.2, 0) is 22.6 Å². The van der Waals surface area contributed by atoms with Crippen LogP contribution in [0.15, 0.2) is 72.8 Å². The summed E-state index contributed by atoms with van der Waals surface area (Å²) in [5.74, 6) is 0.687. The Hall–Kier alpha value is -3.28. The molecule has 2 aliphatic carbocycles. The van der Waals surface area contributed by atoms with Crippen molar-refractivity contribution in [1.29, 1.82) is 0 Å². The molecule has 0 unspecified atom stereocenters. The second kappa shape index (κ2) is 10.5. The summed E-state index contributed by atoms with van der Waals surface area (Å²) in [4.78, 5) is 29.7. The number of nitrogens with zero attached hydrogens (tertiary/aromatic N) is 2. The van der Waals surface area contributed by atoms with Gasteiger partial charge in [0.15, 0.2) is 0 Å². The fourth-order valence-electron chi connectivity index (χ4n) is 5.24. The summed E-state index contributed by atoms with van der Waals surface area (Å²) in [6.07, 6.45) is 4.77. The van der Waals surface area contributed by atoms with Crippen molar-refractivity contribution < 1.29 is 19.1 Å². The van der Waals surface area contributed by atoms with Gasteiger partial charge in [-0.2, -0.15) is 0 Å². The van der Waals surface area contributed by atoms with E-state index in [4.69, 9.17) is 9.47 Å². The summed E-state index contributed by atoms with van der Waals surface area (Å²) in [6.45, 7) is 6.81. The van der Waals surface area contributed by atoms with Crippen LogP contribution in [0.2, 0.25) is 0 Å². The maximum atomic E-state index is 13.3. The summed E-state index contributed by atoms with van der Waals surface area (Å²) in [5, 5.41) is 0. The van der Waals surface area contributed by atoms with Crippen LogP contribution in [0.3, 0.4) is 0 Å². The number of ether oxygens (including phenoxy) is 2. The van der Waals surface area contributed by atoms with E-state index in [2.05, 4.69) is 12.2 Å². The Bertz CT molecular complexity index is 1030. The molecule has 4 atom stereocenters. The third-order valence-electron chi connectivity index (χ3n) is 6.82. The zero-order valence-electron chi connectivity index (χ0n) is 21.1. The predicted molar refractivity (Wildman–Crippen MR) is 135 cm³/mol. The zero-order chi connectivity index (χ0) is 25.0. The molecule has 0 radical (unpaired) electrons. The van der Waals surface area contributed by atoms with E-state index in [0.29, 0.717) is 19.0 Å². The molecular weight excluding hydrogens is 440 g/mol. The number of hydrogen-bond donors (Lipinski definition) is 0. The topological polar surface area (TPSA) is 59.1 Å². The lowest BCUT2D eigenvalue weighted by atomic mass is 9.87. The largest absolute Gasteiger partial charge is 0.445 e. The number of amides is 2. The van der Waals surface area contributed by atoms with E-state index in [1.165, 1.54) is 0 Å². The highest BCUT2D eigenvalue weighted by atomic mass is 16.6. The first-order valence-corrected chi connectivity index (χ1v) is 12.3. The molecule has 0 spiro atoms. The summed E-state index contributed by atoms with van der Waals surface area (Å²) in [6, 6.07) is 19.6. The van der Waals surface area contributed by atoms with E-state index in [1.807, 2.05) is 88.5 Å². The van der Waals surface area contributed by atoms with Gasteiger partial charge in [0, 0.05) is 32.1 Å². The van der Waals surface area contributed by atoms with E-state index in [1.54, 1.807) is 9.80 Å². The molecular formula is C29H36N2O4. The lowest BCUT2D eigenvalue weighted by Crippen LogP contribution is -2.50. The third-order valence-corrected chi connectivity index (χ3v) is 6.82. The fraction of sp³-hybridized carbons (Fsp3) is 0.448. The van der Waals surface area contributed by atoms with Gasteiger partial charge in [-0.15, -0.1) is 0 Å². The standard InChI is InChI=1S/C29H36N2O4/c1-29(2,3)35-27(32)30(4)26-24-16-15-23(17-24)25(26)19-31(18-21-11-7-5-8-12-21)28(33)34-20-22-13-9-6-10-14-22/h5-16,23-26H,17-20H2,1-4H3/t23-,24+,25+,26-/m1/s1. The Kier molecular flexibility index (Phi) is 7.48. The van der Waals surface area contributed by atoms with Crippen LogP contribution in [0.4, 0.5) is 9.59 Å². The molecule has 0 aromatic heterocycles. The SMILES string of the molecule is CN(C(=O)OC(C)(C)C)[C@H]1[C@@H](CN(Cc2ccccc2)C(=O)OCc2ccccc2)[C@@H]2C=C[C@H]1C2. The number of hydrogen-bond acceptors (Lipinski definition) is 4. The van der Waals surface area contributed by atoms with Gasteiger partial charge in [0.05, 0.1) is 0 Å². The number of rotatable bonds is 7. The molecule has 2 amide bonds. The maximum Gasteiger partial charge on any atom is 0.410 e. The first-order chi connectivity index (χ1) is 16.7. The highest BCUT2D eigenvalue weighted by Crippen LogP contribution is 2.46. The predicted octanol–water partition coefficient (Wildman–Crippen LogP) is 5.88. The Morgan fingerprint density at radius 1 is 0.886 bits per heavy atom. The second-order valence-electron chi connectivity index (χ2n) is 10.6. The molecule has 35 heavy (non-hydrogen) atoms. The van der Waals surface area contributed by atoms with Crippen LogP contribution in [0.1, 0.15) is 38.3 Å². The van der Waals surface area contributed by atoms with Gasteiger partial charge in [-0.05, 0) is 50.2 Å². The van der Waals surface area contributed by atoms with Crippen molar-refractivity contribution in [2.24, 2.45) is 17.8 Å². The van der Waals surface area contributed by atoms with Crippen molar-refractivity contribution in [2.45, 2.75) is 52.0 Å². The molecule has 6 nitrogen and oxygen atoms in total. The Labute approximate surface area is 208 Å². The Morgan fingerprint density at radius 3 is 2.11 bits per heavy atom. The summed E-state index contributed by atoms with van der Waals surface area (Å²) in [7, 11) is 1.82. The van der Waals surface area contributed by atoms with Crippen LogP contribution in [-0.4, -0.2) is 47.2 Å². The van der Waals surface area contributed by atoms with Gasteiger partial charge in [-0.3, -0.25) is 0 Å². The number of carbonyl (C=O) groups excluding carboxylic acids is 2. The maximum absolute atomic E-state index is 13.3. The molecule has 186 valence electrons. The molecule has 1 fully saturated rings. The normalized spacial score (nSPS) is 22.6. The number of fused-ring (bicyclic) bond motifs is 2.